The Kier molecular flexibility index (Phi) is 4.23. The van der Waals surface area contributed by atoms with Crippen LogP contribution < -0.4 is 5.32 Å². The molecule has 96 valence electrons. The highest BCUT2D eigenvalue weighted by Crippen LogP contribution is 2.29. The van der Waals surface area contributed by atoms with Crippen molar-refractivity contribution in [2.75, 3.05) is 7.05 Å². The highest BCUT2D eigenvalue weighted by Gasteiger charge is 2.26. The summed E-state index contributed by atoms with van der Waals surface area (Å²) >= 11 is 1.94. The van der Waals surface area contributed by atoms with Crippen LogP contribution in [0.15, 0.2) is 6.07 Å². The van der Waals surface area contributed by atoms with E-state index in [0.29, 0.717) is 6.04 Å². The molecule has 2 nitrogen and oxygen atoms in total. The third-order valence-electron chi connectivity index (χ3n) is 3.35. The zero-order valence-corrected chi connectivity index (χ0v) is 12.2. The van der Waals surface area contributed by atoms with Crippen molar-refractivity contribution in [2.24, 2.45) is 0 Å². The molecule has 1 N–H and O–H groups in total. The van der Waals surface area contributed by atoms with E-state index in [9.17, 15) is 0 Å². The molecule has 0 bridgehead atoms. The molecule has 1 heterocycles. The Bertz CT molecular complexity index is 366. The van der Waals surface area contributed by atoms with Gasteiger partial charge in [-0.3, -0.25) is 4.90 Å². The maximum Gasteiger partial charge on any atom is 0.0302 e. The fourth-order valence-corrected chi connectivity index (χ4v) is 3.05. The molecule has 1 fully saturated rings. The predicted octanol–water partition coefficient (Wildman–Crippen LogP) is 3.15. The molecule has 1 aliphatic rings. The Labute approximate surface area is 109 Å². The summed E-state index contributed by atoms with van der Waals surface area (Å²) in [6, 6.07) is 3.80. The summed E-state index contributed by atoms with van der Waals surface area (Å²) in [5, 5.41) is 3.49. The summed E-state index contributed by atoms with van der Waals surface area (Å²) in [5.41, 5.74) is 1.52. The largest absolute Gasteiger partial charge is 0.310 e. The van der Waals surface area contributed by atoms with Gasteiger partial charge < -0.3 is 5.32 Å². The monoisotopic (exact) mass is 252 g/mol. The van der Waals surface area contributed by atoms with Crippen molar-refractivity contribution in [1.29, 1.82) is 0 Å². The van der Waals surface area contributed by atoms with Gasteiger partial charge in [0.25, 0.3) is 0 Å². The molecule has 1 aliphatic carbocycles. The minimum Gasteiger partial charge on any atom is -0.310 e. The molecule has 3 heteroatoms. The molecule has 0 saturated heterocycles. The van der Waals surface area contributed by atoms with Crippen LogP contribution in [0.5, 0.6) is 0 Å². The molecule has 1 saturated carbocycles. The molecule has 1 aromatic rings. The number of hydrogen-bond acceptors (Lipinski definition) is 3. The number of nitrogens with zero attached hydrogens (tertiary/aromatic N) is 1. The Hall–Kier alpha value is -0.380. The second-order valence-corrected chi connectivity index (χ2v) is 6.82. The summed E-state index contributed by atoms with van der Waals surface area (Å²) in [4.78, 5) is 5.45. The van der Waals surface area contributed by atoms with Gasteiger partial charge in [-0.05, 0) is 38.4 Å². The molecule has 2 rings (SSSR count). The standard InChI is InChI=1S/C14H24N2S/c1-10(2)15-8-14-7-12(11(3)17-14)9-16(4)13-5-6-13/h7,10,13,15H,5-6,8-9H2,1-4H3. The summed E-state index contributed by atoms with van der Waals surface area (Å²) < 4.78 is 0. The second-order valence-electron chi connectivity index (χ2n) is 5.48. The number of thiophene rings is 1. The lowest BCUT2D eigenvalue weighted by atomic mass is 10.2. The highest BCUT2D eigenvalue weighted by molar-refractivity contribution is 7.12. The molecular weight excluding hydrogens is 228 g/mol. The topological polar surface area (TPSA) is 15.3 Å². The lowest BCUT2D eigenvalue weighted by molar-refractivity contribution is 0.316. The van der Waals surface area contributed by atoms with E-state index in [1.807, 2.05) is 11.3 Å². The molecule has 0 amide bonds. The molecular formula is C14H24N2S. The molecule has 0 aliphatic heterocycles. The first-order valence-corrected chi connectivity index (χ1v) is 7.39. The molecule has 17 heavy (non-hydrogen) atoms. The van der Waals surface area contributed by atoms with Crippen LogP contribution in [0.25, 0.3) is 0 Å². The predicted molar refractivity (Wildman–Crippen MR) is 75.5 cm³/mol. The van der Waals surface area contributed by atoms with Gasteiger partial charge in [-0.1, -0.05) is 13.8 Å². The van der Waals surface area contributed by atoms with Gasteiger partial charge in [-0.2, -0.15) is 0 Å². The SMILES string of the molecule is Cc1sc(CNC(C)C)cc1CN(C)C1CC1. The zero-order valence-electron chi connectivity index (χ0n) is 11.4. The smallest absolute Gasteiger partial charge is 0.0302 e. The van der Waals surface area contributed by atoms with E-state index >= 15 is 0 Å². The van der Waals surface area contributed by atoms with Crippen LogP contribution in [-0.4, -0.2) is 24.0 Å². The summed E-state index contributed by atoms with van der Waals surface area (Å²) in [6.07, 6.45) is 2.78. The fraction of sp³-hybridized carbons (Fsp3) is 0.714. The van der Waals surface area contributed by atoms with Gasteiger partial charge >= 0.3 is 0 Å². The van der Waals surface area contributed by atoms with Gasteiger partial charge in [0.2, 0.25) is 0 Å². The number of hydrogen-bond donors (Lipinski definition) is 1. The van der Waals surface area contributed by atoms with Crippen molar-refractivity contribution >= 4 is 11.3 Å². The normalized spacial score (nSPS) is 16.1. The molecule has 0 aromatic carbocycles. The van der Waals surface area contributed by atoms with Gasteiger partial charge in [0.05, 0.1) is 0 Å². The Balaban J connectivity index is 1.92. The number of aryl methyl sites for hydroxylation is 1. The lowest BCUT2D eigenvalue weighted by Gasteiger charge is -2.14. The van der Waals surface area contributed by atoms with E-state index in [2.05, 4.69) is 44.1 Å². The zero-order chi connectivity index (χ0) is 12.4. The van der Waals surface area contributed by atoms with Crippen LogP contribution in [0.1, 0.15) is 42.0 Å². The molecule has 0 atom stereocenters. The van der Waals surface area contributed by atoms with E-state index in [1.54, 1.807) is 0 Å². The van der Waals surface area contributed by atoms with E-state index in [1.165, 1.54) is 28.2 Å². The van der Waals surface area contributed by atoms with Gasteiger partial charge in [0.15, 0.2) is 0 Å². The maximum atomic E-state index is 3.49. The van der Waals surface area contributed by atoms with Gasteiger partial charge in [0, 0.05) is 34.9 Å². The van der Waals surface area contributed by atoms with Crippen LogP contribution in [0, 0.1) is 6.92 Å². The van der Waals surface area contributed by atoms with Gasteiger partial charge in [-0.25, -0.2) is 0 Å². The Morgan fingerprint density at radius 1 is 1.47 bits per heavy atom. The molecule has 0 radical (unpaired) electrons. The van der Waals surface area contributed by atoms with Gasteiger partial charge in [0.1, 0.15) is 0 Å². The van der Waals surface area contributed by atoms with Crippen LogP contribution in [0.3, 0.4) is 0 Å². The van der Waals surface area contributed by atoms with Gasteiger partial charge in [-0.15, -0.1) is 11.3 Å². The minimum atomic E-state index is 0.565. The summed E-state index contributed by atoms with van der Waals surface area (Å²) in [6.45, 7) is 8.77. The van der Waals surface area contributed by atoms with Crippen LogP contribution in [0.4, 0.5) is 0 Å². The summed E-state index contributed by atoms with van der Waals surface area (Å²) in [7, 11) is 2.25. The van der Waals surface area contributed by atoms with Crippen molar-refractivity contribution in [2.45, 2.75) is 58.8 Å². The third-order valence-corrected chi connectivity index (χ3v) is 4.44. The molecule has 1 aromatic heterocycles. The van der Waals surface area contributed by atoms with Crippen molar-refractivity contribution in [1.82, 2.24) is 10.2 Å². The third kappa shape index (κ3) is 3.80. The minimum absolute atomic E-state index is 0.565. The Morgan fingerprint density at radius 2 is 2.18 bits per heavy atom. The lowest BCUT2D eigenvalue weighted by Crippen LogP contribution is -2.21. The first-order chi connectivity index (χ1) is 8.06. The number of nitrogens with one attached hydrogen (secondary N) is 1. The number of rotatable bonds is 6. The average molecular weight is 252 g/mol. The Morgan fingerprint density at radius 3 is 2.76 bits per heavy atom. The van der Waals surface area contributed by atoms with E-state index in [4.69, 9.17) is 0 Å². The van der Waals surface area contributed by atoms with Crippen LogP contribution in [-0.2, 0) is 13.1 Å². The first-order valence-electron chi connectivity index (χ1n) is 6.58. The fourth-order valence-electron chi connectivity index (χ4n) is 2.05. The second kappa shape index (κ2) is 5.51. The molecule has 0 spiro atoms. The van der Waals surface area contributed by atoms with E-state index in [-0.39, 0.29) is 0 Å². The van der Waals surface area contributed by atoms with Crippen LogP contribution in [0.2, 0.25) is 0 Å². The quantitative estimate of drug-likeness (QED) is 0.836. The average Bonchev–Trinajstić information content (AvgIpc) is 3.03. The van der Waals surface area contributed by atoms with Crippen molar-refractivity contribution < 1.29 is 0 Å². The highest BCUT2D eigenvalue weighted by atomic mass is 32.1. The van der Waals surface area contributed by atoms with Crippen molar-refractivity contribution in [3.8, 4) is 0 Å². The maximum absolute atomic E-state index is 3.49. The summed E-state index contributed by atoms with van der Waals surface area (Å²) in [5.74, 6) is 0. The van der Waals surface area contributed by atoms with Crippen molar-refractivity contribution in [3.63, 3.8) is 0 Å². The molecule has 0 unspecified atom stereocenters. The van der Waals surface area contributed by atoms with E-state index in [0.717, 1.165) is 19.1 Å². The first kappa shape index (κ1) is 13.1. The van der Waals surface area contributed by atoms with Crippen molar-refractivity contribution in [3.05, 3.63) is 21.4 Å². The van der Waals surface area contributed by atoms with E-state index < -0.39 is 0 Å². The van der Waals surface area contributed by atoms with Crippen LogP contribution >= 0.6 is 11.3 Å².